The molecule has 1 atom stereocenters. The SMILES string of the molecule is CCOc1cc2c(cc1CNC(=NC)NCCCOCC1CCOCC1)OC(C)C2. The van der Waals surface area contributed by atoms with Crippen molar-refractivity contribution in [2.75, 3.05) is 46.6 Å². The Labute approximate surface area is 180 Å². The van der Waals surface area contributed by atoms with Crippen LogP contribution in [0.3, 0.4) is 0 Å². The molecule has 1 aromatic rings. The molecule has 3 rings (SSSR count). The van der Waals surface area contributed by atoms with E-state index < -0.39 is 0 Å². The molecule has 2 aliphatic rings. The van der Waals surface area contributed by atoms with E-state index in [0.29, 0.717) is 19.1 Å². The van der Waals surface area contributed by atoms with Gasteiger partial charge in [0.05, 0.1) is 6.61 Å². The zero-order valence-electron chi connectivity index (χ0n) is 18.7. The molecule has 0 amide bonds. The van der Waals surface area contributed by atoms with Gasteiger partial charge in [0.2, 0.25) is 0 Å². The molecule has 1 fully saturated rings. The Hall–Kier alpha value is -1.99. The third-order valence-corrected chi connectivity index (χ3v) is 5.50. The molecule has 1 aromatic carbocycles. The van der Waals surface area contributed by atoms with Crippen LogP contribution in [0.1, 0.15) is 44.2 Å². The van der Waals surface area contributed by atoms with Crippen LogP contribution in [0.5, 0.6) is 11.5 Å². The van der Waals surface area contributed by atoms with Crippen molar-refractivity contribution in [2.45, 2.75) is 52.2 Å². The van der Waals surface area contributed by atoms with Gasteiger partial charge in [-0.2, -0.15) is 0 Å². The highest BCUT2D eigenvalue weighted by Gasteiger charge is 2.22. The topological polar surface area (TPSA) is 73.3 Å². The number of rotatable bonds is 10. The largest absolute Gasteiger partial charge is 0.494 e. The molecule has 1 unspecified atom stereocenters. The van der Waals surface area contributed by atoms with E-state index in [9.17, 15) is 0 Å². The maximum absolute atomic E-state index is 5.91. The van der Waals surface area contributed by atoms with Gasteiger partial charge in [-0.1, -0.05) is 0 Å². The third-order valence-electron chi connectivity index (χ3n) is 5.50. The van der Waals surface area contributed by atoms with Gasteiger partial charge in [0.25, 0.3) is 0 Å². The highest BCUT2D eigenvalue weighted by atomic mass is 16.5. The van der Waals surface area contributed by atoms with Crippen LogP contribution in [0.2, 0.25) is 0 Å². The number of nitrogens with zero attached hydrogens (tertiary/aromatic N) is 1. The third kappa shape index (κ3) is 6.77. The Bertz CT molecular complexity index is 689. The average molecular weight is 420 g/mol. The first-order chi connectivity index (χ1) is 14.7. The molecule has 30 heavy (non-hydrogen) atoms. The van der Waals surface area contributed by atoms with Crippen LogP contribution in [0.4, 0.5) is 0 Å². The Kier molecular flexibility index (Phi) is 9.08. The van der Waals surface area contributed by atoms with E-state index in [2.05, 4.69) is 34.7 Å². The number of nitrogens with one attached hydrogen (secondary N) is 2. The Balaban J connectivity index is 1.39. The first-order valence-corrected chi connectivity index (χ1v) is 11.2. The lowest BCUT2D eigenvalue weighted by Crippen LogP contribution is -2.37. The molecule has 168 valence electrons. The maximum Gasteiger partial charge on any atom is 0.191 e. The van der Waals surface area contributed by atoms with Gasteiger partial charge in [-0.15, -0.1) is 0 Å². The number of hydrogen-bond acceptors (Lipinski definition) is 5. The van der Waals surface area contributed by atoms with Crippen molar-refractivity contribution in [1.82, 2.24) is 10.6 Å². The molecule has 1 saturated heterocycles. The number of aliphatic imine (C=N–C) groups is 1. The summed E-state index contributed by atoms with van der Waals surface area (Å²) in [4.78, 5) is 4.32. The molecular weight excluding hydrogens is 382 g/mol. The van der Waals surface area contributed by atoms with Crippen molar-refractivity contribution >= 4 is 5.96 Å². The minimum Gasteiger partial charge on any atom is -0.494 e. The normalized spacial score (nSPS) is 19.3. The Morgan fingerprint density at radius 2 is 2.07 bits per heavy atom. The fraction of sp³-hybridized carbons (Fsp3) is 0.696. The molecule has 0 aliphatic carbocycles. The fourth-order valence-corrected chi connectivity index (χ4v) is 3.85. The summed E-state index contributed by atoms with van der Waals surface area (Å²) < 4.78 is 23.0. The van der Waals surface area contributed by atoms with Crippen LogP contribution in [-0.2, 0) is 22.4 Å². The van der Waals surface area contributed by atoms with E-state index in [1.807, 2.05) is 6.92 Å². The van der Waals surface area contributed by atoms with Crippen molar-refractivity contribution in [3.63, 3.8) is 0 Å². The number of fused-ring (bicyclic) bond motifs is 1. The molecule has 7 nitrogen and oxygen atoms in total. The van der Waals surface area contributed by atoms with Crippen molar-refractivity contribution < 1.29 is 18.9 Å². The van der Waals surface area contributed by atoms with Crippen LogP contribution in [0, 0.1) is 5.92 Å². The zero-order valence-corrected chi connectivity index (χ0v) is 18.7. The van der Waals surface area contributed by atoms with Gasteiger partial charge in [-0.25, -0.2) is 0 Å². The minimum absolute atomic E-state index is 0.223. The van der Waals surface area contributed by atoms with Crippen molar-refractivity contribution in [3.05, 3.63) is 23.3 Å². The molecule has 2 N–H and O–H groups in total. The van der Waals surface area contributed by atoms with Gasteiger partial charge < -0.3 is 29.6 Å². The minimum atomic E-state index is 0.223. The van der Waals surface area contributed by atoms with Crippen LogP contribution in [-0.4, -0.2) is 58.7 Å². The first-order valence-electron chi connectivity index (χ1n) is 11.2. The van der Waals surface area contributed by atoms with Crippen LogP contribution >= 0.6 is 0 Å². The van der Waals surface area contributed by atoms with E-state index in [0.717, 1.165) is 81.7 Å². The second-order valence-electron chi connectivity index (χ2n) is 7.97. The summed E-state index contributed by atoms with van der Waals surface area (Å²) in [5.41, 5.74) is 2.30. The predicted octanol–water partition coefficient (Wildman–Crippen LogP) is 2.91. The van der Waals surface area contributed by atoms with Crippen molar-refractivity contribution in [2.24, 2.45) is 10.9 Å². The molecule has 2 heterocycles. The predicted molar refractivity (Wildman–Crippen MR) is 119 cm³/mol. The Morgan fingerprint density at radius 3 is 2.83 bits per heavy atom. The molecular formula is C23H37N3O4. The highest BCUT2D eigenvalue weighted by Crippen LogP contribution is 2.35. The van der Waals surface area contributed by atoms with Gasteiger partial charge in [0.1, 0.15) is 17.6 Å². The molecule has 7 heteroatoms. The number of ether oxygens (including phenoxy) is 4. The zero-order chi connectivity index (χ0) is 21.2. The lowest BCUT2D eigenvalue weighted by Gasteiger charge is -2.21. The van der Waals surface area contributed by atoms with E-state index in [1.54, 1.807) is 7.05 Å². The van der Waals surface area contributed by atoms with Gasteiger partial charge in [0.15, 0.2) is 5.96 Å². The summed E-state index contributed by atoms with van der Waals surface area (Å²) in [7, 11) is 1.79. The monoisotopic (exact) mass is 419 g/mol. The van der Waals surface area contributed by atoms with E-state index in [4.69, 9.17) is 18.9 Å². The summed E-state index contributed by atoms with van der Waals surface area (Å²) in [6.45, 7) is 9.53. The van der Waals surface area contributed by atoms with Gasteiger partial charge in [0, 0.05) is 64.1 Å². The van der Waals surface area contributed by atoms with Gasteiger partial charge >= 0.3 is 0 Å². The molecule has 0 aromatic heterocycles. The van der Waals surface area contributed by atoms with Crippen molar-refractivity contribution in [1.29, 1.82) is 0 Å². The lowest BCUT2D eigenvalue weighted by molar-refractivity contribution is 0.0203. The Morgan fingerprint density at radius 1 is 1.23 bits per heavy atom. The van der Waals surface area contributed by atoms with Crippen LogP contribution in [0.25, 0.3) is 0 Å². The molecule has 0 bridgehead atoms. The molecule has 0 spiro atoms. The summed E-state index contributed by atoms with van der Waals surface area (Å²) in [5.74, 6) is 3.31. The van der Waals surface area contributed by atoms with E-state index in [1.165, 1.54) is 5.56 Å². The van der Waals surface area contributed by atoms with Crippen LogP contribution in [0.15, 0.2) is 17.1 Å². The average Bonchev–Trinajstić information content (AvgIpc) is 3.12. The standard InChI is InChI=1S/C23H37N3O4/c1-4-29-21-13-19-12-17(2)30-22(19)14-20(21)15-26-23(24-3)25-8-5-9-28-16-18-6-10-27-11-7-18/h13-14,17-18H,4-12,15-16H2,1-3H3,(H2,24,25,26). The molecule has 0 radical (unpaired) electrons. The second-order valence-corrected chi connectivity index (χ2v) is 7.97. The summed E-state index contributed by atoms with van der Waals surface area (Å²) in [6.07, 6.45) is 4.33. The highest BCUT2D eigenvalue weighted by molar-refractivity contribution is 5.79. The summed E-state index contributed by atoms with van der Waals surface area (Å²) >= 11 is 0. The van der Waals surface area contributed by atoms with E-state index >= 15 is 0 Å². The first kappa shape index (κ1) is 22.7. The summed E-state index contributed by atoms with van der Waals surface area (Å²) in [5, 5.41) is 6.73. The maximum atomic E-state index is 5.91. The van der Waals surface area contributed by atoms with Gasteiger partial charge in [-0.05, 0) is 51.2 Å². The fourth-order valence-electron chi connectivity index (χ4n) is 3.85. The number of guanidine groups is 1. The molecule has 2 aliphatic heterocycles. The number of hydrogen-bond donors (Lipinski definition) is 2. The van der Waals surface area contributed by atoms with Crippen LogP contribution < -0.4 is 20.1 Å². The van der Waals surface area contributed by atoms with Crippen molar-refractivity contribution in [3.8, 4) is 11.5 Å². The second kappa shape index (κ2) is 12.0. The smallest absolute Gasteiger partial charge is 0.191 e. The van der Waals surface area contributed by atoms with E-state index in [-0.39, 0.29) is 6.10 Å². The number of benzene rings is 1. The quantitative estimate of drug-likeness (QED) is 0.345. The lowest BCUT2D eigenvalue weighted by atomic mass is 10.0. The molecule has 0 saturated carbocycles. The summed E-state index contributed by atoms with van der Waals surface area (Å²) in [6, 6.07) is 4.21. The van der Waals surface area contributed by atoms with Gasteiger partial charge in [-0.3, -0.25) is 4.99 Å².